The summed E-state index contributed by atoms with van der Waals surface area (Å²) in [6.45, 7) is 0.289. The first-order valence-electron chi connectivity index (χ1n) is 8.08. The monoisotopic (exact) mass is 367 g/mol. The predicted octanol–water partition coefficient (Wildman–Crippen LogP) is 4.11. The Morgan fingerprint density at radius 3 is 2.81 bits per heavy atom. The van der Waals surface area contributed by atoms with Gasteiger partial charge in [-0.25, -0.2) is 9.97 Å². The Labute approximate surface area is 154 Å². The fourth-order valence-electron chi connectivity index (χ4n) is 2.77. The van der Waals surface area contributed by atoms with Crippen molar-refractivity contribution < 1.29 is 14.3 Å². The topological polar surface area (TPSA) is 80.4 Å². The number of furan rings is 1. The molecular formula is C19H17N3O3S. The number of anilines is 1. The summed E-state index contributed by atoms with van der Waals surface area (Å²) in [6.07, 6.45) is 2.32. The maximum atomic E-state index is 10.2. The molecule has 4 aromatic rings. The van der Waals surface area contributed by atoms with Gasteiger partial charge in [0, 0.05) is 17.5 Å². The quantitative estimate of drug-likeness (QED) is 0.534. The van der Waals surface area contributed by atoms with Crippen LogP contribution in [0.5, 0.6) is 5.75 Å². The maximum Gasteiger partial charge on any atom is 0.138 e. The van der Waals surface area contributed by atoms with Gasteiger partial charge in [-0.1, -0.05) is 12.1 Å². The number of nitrogens with one attached hydrogen (secondary N) is 1. The van der Waals surface area contributed by atoms with Crippen LogP contribution in [0.4, 0.5) is 5.82 Å². The van der Waals surface area contributed by atoms with Gasteiger partial charge in [-0.05, 0) is 29.8 Å². The Hall–Kier alpha value is -2.90. The van der Waals surface area contributed by atoms with Crippen molar-refractivity contribution in [3.63, 3.8) is 0 Å². The molecule has 0 aliphatic rings. The lowest BCUT2D eigenvalue weighted by Gasteiger charge is -2.11. The lowest BCUT2D eigenvalue weighted by atomic mass is 10.1. The molecule has 0 saturated carbocycles. The van der Waals surface area contributed by atoms with E-state index in [1.54, 1.807) is 36.8 Å². The molecule has 132 valence electrons. The highest BCUT2D eigenvalue weighted by Gasteiger charge is 2.15. The van der Waals surface area contributed by atoms with Crippen molar-refractivity contribution in [2.24, 2.45) is 0 Å². The zero-order valence-corrected chi connectivity index (χ0v) is 14.9. The van der Waals surface area contributed by atoms with Crippen molar-refractivity contribution in [2.75, 3.05) is 19.0 Å². The van der Waals surface area contributed by atoms with Crippen molar-refractivity contribution in [1.82, 2.24) is 9.97 Å². The molecule has 0 fully saturated rings. The number of rotatable bonds is 6. The third-order valence-electron chi connectivity index (χ3n) is 4.11. The van der Waals surface area contributed by atoms with Crippen molar-refractivity contribution >= 4 is 27.4 Å². The Morgan fingerprint density at radius 2 is 2.08 bits per heavy atom. The minimum absolute atomic E-state index is 0.289. The second-order valence-corrected chi connectivity index (χ2v) is 6.55. The predicted molar refractivity (Wildman–Crippen MR) is 102 cm³/mol. The Bertz CT molecular complexity index is 997. The molecule has 4 rings (SSSR count). The largest absolute Gasteiger partial charge is 0.497 e. The lowest BCUT2D eigenvalue weighted by Crippen LogP contribution is -2.12. The fourth-order valence-corrected chi connectivity index (χ4v) is 3.68. The normalized spacial score (nSPS) is 12.2. The van der Waals surface area contributed by atoms with Gasteiger partial charge >= 0.3 is 0 Å². The molecule has 0 radical (unpaired) electrons. The molecule has 0 bridgehead atoms. The first-order chi connectivity index (χ1) is 12.8. The van der Waals surface area contributed by atoms with E-state index in [9.17, 15) is 5.11 Å². The smallest absolute Gasteiger partial charge is 0.138 e. The number of nitrogens with zero attached hydrogens (tertiary/aromatic N) is 2. The van der Waals surface area contributed by atoms with E-state index in [0.717, 1.165) is 27.1 Å². The van der Waals surface area contributed by atoms with E-state index in [2.05, 4.69) is 20.7 Å². The van der Waals surface area contributed by atoms with Gasteiger partial charge in [0.2, 0.25) is 0 Å². The van der Waals surface area contributed by atoms with Gasteiger partial charge in [-0.3, -0.25) is 0 Å². The van der Waals surface area contributed by atoms with Crippen LogP contribution in [0.25, 0.3) is 21.3 Å². The van der Waals surface area contributed by atoms with Gasteiger partial charge in [-0.2, -0.15) is 0 Å². The van der Waals surface area contributed by atoms with Crippen LogP contribution in [-0.2, 0) is 0 Å². The molecule has 0 spiro atoms. The number of ether oxygens (including phenoxy) is 1. The first-order valence-corrected chi connectivity index (χ1v) is 8.96. The summed E-state index contributed by atoms with van der Waals surface area (Å²) in [5.74, 6) is 2.01. The molecule has 3 heterocycles. The Kier molecular flexibility index (Phi) is 4.55. The first kappa shape index (κ1) is 16.6. The van der Waals surface area contributed by atoms with Gasteiger partial charge in [0.05, 0.1) is 18.8 Å². The van der Waals surface area contributed by atoms with Crippen LogP contribution in [-0.4, -0.2) is 28.7 Å². The zero-order chi connectivity index (χ0) is 17.9. The summed E-state index contributed by atoms with van der Waals surface area (Å²) in [5.41, 5.74) is 2.10. The van der Waals surface area contributed by atoms with E-state index in [1.165, 1.54) is 6.33 Å². The van der Waals surface area contributed by atoms with Crippen molar-refractivity contribution in [1.29, 1.82) is 0 Å². The molecule has 0 amide bonds. The van der Waals surface area contributed by atoms with Crippen LogP contribution >= 0.6 is 11.3 Å². The molecule has 26 heavy (non-hydrogen) atoms. The summed E-state index contributed by atoms with van der Waals surface area (Å²) in [6, 6.07) is 11.4. The number of methoxy groups -OCH3 is 1. The number of hydrogen-bond donors (Lipinski definition) is 2. The number of thiophene rings is 1. The van der Waals surface area contributed by atoms with E-state index in [0.29, 0.717) is 11.6 Å². The molecule has 0 aliphatic heterocycles. The Morgan fingerprint density at radius 1 is 1.23 bits per heavy atom. The summed E-state index contributed by atoms with van der Waals surface area (Å²) in [5, 5.41) is 16.4. The van der Waals surface area contributed by atoms with E-state index in [-0.39, 0.29) is 6.54 Å². The molecule has 1 aromatic carbocycles. The average molecular weight is 367 g/mol. The van der Waals surface area contributed by atoms with Crippen LogP contribution < -0.4 is 10.1 Å². The summed E-state index contributed by atoms with van der Waals surface area (Å²) in [4.78, 5) is 9.62. The highest BCUT2D eigenvalue weighted by Crippen LogP contribution is 2.37. The molecule has 2 N–H and O–H groups in total. The van der Waals surface area contributed by atoms with Gasteiger partial charge in [-0.15, -0.1) is 11.3 Å². The van der Waals surface area contributed by atoms with Crippen LogP contribution in [0.15, 0.2) is 58.8 Å². The summed E-state index contributed by atoms with van der Waals surface area (Å²) >= 11 is 1.56. The molecule has 1 unspecified atom stereocenters. The number of fused-ring (bicyclic) bond motifs is 1. The standard InChI is InChI=1S/C19H17N3O3S/c1-24-13-6-4-12(5-7-13)14-10-26-19-17(14)18(21-11-22-19)20-9-15(23)16-3-2-8-25-16/h2-8,10-11,15,23H,9H2,1H3,(H,20,21,22). The minimum Gasteiger partial charge on any atom is -0.497 e. The van der Waals surface area contributed by atoms with Crippen LogP contribution in [0.1, 0.15) is 11.9 Å². The van der Waals surface area contributed by atoms with Crippen molar-refractivity contribution in [3.8, 4) is 16.9 Å². The van der Waals surface area contributed by atoms with Crippen molar-refractivity contribution in [3.05, 3.63) is 60.1 Å². The maximum absolute atomic E-state index is 10.2. The molecule has 1 atom stereocenters. The molecule has 6 nitrogen and oxygen atoms in total. The number of aliphatic hydroxyl groups is 1. The van der Waals surface area contributed by atoms with Gasteiger partial charge in [0.25, 0.3) is 0 Å². The Balaban J connectivity index is 1.65. The van der Waals surface area contributed by atoms with Gasteiger partial charge in [0.15, 0.2) is 0 Å². The minimum atomic E-state index is -0.752. The van der Waals surface area contributed by atoms with E-state index in [1.807, 2.05) is 24.3 Å². The molecule has 3 aromatic heterocycles. The molecule has 7 heteroatoms. The SMILES string of the molecule is COc1ccc(-c2csc3ncnc(NCC(O)c4ccco4)c23)cc1. The summed E-state index contributed by atoms with van der Waals surface area (Å²) in [7, 11) is 1.65. The highest BCUT2D eigenvalue weighted by molar-refractivity contribution is 7.17. The fraction of sp³-hybridized carbons (Fsp3) is 0.158. The number of benzene rings is 1. The number of aromatic nitrogens is 2. The van der Waals surface area contributed by atoms with E-state index >= 15 is 0 Å². The second kappa shape index (κ2) is 7.15. The number of aliphatic hydroxyl groups excluding tert-OH is 1. The third-order valence-corrected chi connectivity index (χ3v) is 4.99. The van der Waals surface area contributed by atoms with Gasteiger partial charge in [0.1, 0.15) is 34.6 Å². The van der Waals surface area contributed by atoms with Crippen molar-refractivity contribution in [2.45, 2.75) is 6.10 Å². The summed E-state index contributed by atoms with van der Waals surface area (Å²) < 4.78 is 10.5. The molecule has 0 aliphatic carbocycles. The number of hydrogen-bond acceptors (Lipinski definition) is 7. The second-order valence-electron chi connectivity index (χ2n) is 5.69. The molecular weight excluding hydrogens is 350 g/mol. The van der Waals surface area contributed by atoms with Gasteiger partial charge < -0.3 is 19.6 Å². The van der Waals surface area contributed by atoms with E-state index < -0.39 is 6.10 Å². The van der Waals surface area contributed by atoms with E-state index in [4.69, 9.17) is 9.15 Å². The average Bonchev–Trinajstić information content (AvgIpc) is 3.36. The molecule has 0 saturated heterocycles. The third kappa shape index (κ3) is 3.14. The van der Waals surface area contributed by atoms with Crippen LogP contribution in [0.3, 0.4) is 0 Å². The zero-order valence-electron chi connectivity index (χ0n) is 14.0. The van der Waals surface area contributed by atoms with Crippen LogP contribution in [0.2, 0.25) is 0 Å². The highest BCUT2D eigenvalue weighted by atomic mass is 32.1. The lowest BCUT2D eigenvalue weighted by molar-refractivity contribution is 0.162. The van der Waals surface area contributed by atoms with Crippen LogP contribution in [0, 0.1) is 0 Å².